The van der Waals surface area contributed by atoms with E-state index < -0.39 is 0 Å². The molecule has 4 nitrogen and oxygen atoms in total. The monoisotopic (exact) mass is 186 g/mol. The zero-order valence-electron chi connectivity index (χ0n) is 7.57. The van der Waals surface area contributed by atoms with Crippen LogP contribution in [0.25, 0.3) is 10.9 Å². The number of aromatic amines is 1. The van der Waals surface area contributed by atoms with Gasteiger partial charge in [-0.2, -0.15) is 0 Å². The van der Waals surface area contributed by atoms with Crippen molar-refractivity contribution in [3.63, 3.8) is 0 Å². The van der Waals surface area contributed by atoms with Crippen LogP contribution < -0.4 is 5.56 Å². The molecule has 68 valence electrons. The third-order valence-corrected chi connectivity index (χ3v) is 2.05. The number of carbonyl (C=O) groups is 1. The van der Waals surface area contributed by atoms with Crippen LogP contribution in [0.2, 0.25) is 0 Å². The van der Waals surface area contributed by atoms with Gasteiger partial charge in [0.15, 0.2) is 7.85 Å². The summed E-state index contributed by atoms with van der Waals surface area (Å²) in [6.07, 6.45) is 1.33. The lowest BCUT2D eigenvalue weighted by molar-refractivity contribution is 0.108. The van der Waals surface area contributed by atoms with Gasteiger partial charge in [-0.1, -0.05) is 12.1 Å². The topological polar surface area (TPSA) is 62.8 Å². The molecule has 0 saturated heterocycles. The molecule has 0 aliphatic heterocycles. The number of H-pyrrole nitrogens is 1. The quantitative estimate of drug-likeness (QED) is 0.621. The van der Waals surface area contributed by atoms with E-state index in [0.717, 1.165) is 0 Å². The molecule has 0 atom stereocenters. The Morgan fingerprint density at radius 2 is 2.21 bits per heavy atom. The van der Waals surface area contributed by atoms with Gasteiger partial charge in [-0.05, 0) is 6.07 Å². The molecule has 1 aromatic carbocycles. The van der Waals surface area contributed by atoms with Crippen LogP contribution in [0, 0.1) is 0 Å². The van der Waals surface area contributed by atoms with E-state index in [1.807, 2.05) is 0 Å². The number of benzene rings is 1. The van der Waals surface area contributed by atoms with Gasteiger partial charge in [0, 0.05) is 5.56 Å². The Bertz CT molecular complexity index is 557. The Hall–Kier alpha value is -1.91. The van der Waals surface area contributed by atoms with Crippen LogP contribution in [0.4, 0.5) is 0 Å². The minimum Gasteiger partial charge on any atom is -0.313 e. The normalized spacial score (nSPS) is 10.3. The SMILES string of the molecule is BC(=O)c1cccc2nc[nH]c(=O)c12. The van der Waals surface area contributed by atoms with Crippen molar-refractivity contribution in [1.82, 2.24) is 9.97 Å². The zero-order chi connectivity index (χ0) is 10.1. The third kappa shape index (κ3) is 1.23. The molecule has 1 heterocycles. The molecule has 2 aromatic rings. The Kier molecular flexibility index (Phi) is 1.92. The number of fused-ring (bicyclic) bond motifs is 1. The second kappa shape index (κ2) is 3.10. The van der Waals surface area contributed by atoms with Crippen molar-refractivity contribution in [2.24, 2.45) is 0 Å². The van der Waals surface area contributed by atoms with E-state index in [4.69, 9.17) is 0 Å². The summed E-state index contributed by atoms with van der Waals surface area (Å²) >= 11 is 0. The predicted molar refractivity (Wildman–Crippen MR) is 55.2 cm³/mol. The van der Waals surface area contributed by atoms with Crippen molar-refractivity contribution < 1.29 is 4.79 Å². The number of aromatic nitrogens is 2. The molecule has 0 aliphatic rings. The van der Waals surface area contributed by atoms with E-state index in [0.29, 0.717) is 16.5 Å². The highest BCUT2D eigenvalue weighted by atomic mass is 16.1. The Labute approximate surface area is 80.4 Å². The van der Waals surface area contributed by atoms with Crippen LogP contribution >= 0.6 is 0 Å². The molecule has 0 unspecified atom stereocenters. The third-order valence-electron chi connectivity index (χ3n) is 2.05. The number of nitrogens with zero attached hydrogens (tertiary/aromatic N) is 1. The van der Waals surface area contributed by atoms with Crippen LogP contribution in [0.3, 0.4) is 0 Å². The highest BCUT2D eigenvalue weighted by molar-refractivity contribution is 6.63. The summed E-state index contributed by atoms with van der Waals surface area (Å²) in [6.45, 7) is 0. The maximum absolute atomic E-state index is 11.5. The largest absolute Gasteiger partial charge is 0.313 e. The minimum atomic E-state index is -0.277. The second-order valence-corrected chi connectivity index (χ2v) is 2.99. The molecule has 5 heteroatoms. The summed E-state index contributed by atoms with van der Waals surface area (Å²) < 4.78 is 0. The summed E-state index contributed by atoms with van der Waals surface area (Å²) in [5.41, 5.74) is 0.549. The first-order chi connectivity index (χ1) is 6.70. The molecule has 1 aromatic heterocycles. The van der Waals surface area contributed by atoms with Gasteiger partial charge in [0.25, 0.3) is 5.56 Å². The Morgan fingerprint density at radius 3 is 2.93 bits per heavy atom. The summed E-state index contributed by atoms with van der Waals surface area (Å²) in [5, 5.41) is 0.363. The number of hydrogen-bond acceptors (Lipinski definition) is 3. The number of nitrogens with one attached hydrogen (secondary N) is 1. The number of rotatable bonds is 1. The molecular weight excluding hydrogens is 179 g/mol. The summed E-state index contributed by atoms with van der Waals surface area (Å²) in [6, 6.07) is 5.05. The van der Waals surface area contributed by atoms with Gasteiger partial charge < -0.3 is 9.78 Å². The fourth-order valence-corrected chi connectivity index (χ4v) is 1.41. The van der Waals surface area contributed by atoms with Crippen molar-refractivity contribution in [3.8, 4) is 0 Å². The standard InChI is InChI=1S/C9H7BN2O2/c10-8(13)5-2-1-3-6-7(5)9(14)12-4-11-6/h1-4H,10H2,(H,11,12,14). The fourth-order valence-electron chi connectivity index (χ4n) is 1.41. The first-order valence-electron chi connectivity index (χ1n) is 4.17. The summed E-state index contributed by atoms with van der Waals surface area (Å²) in [4.78, 5) is 29.1. The van der Waals surface area contributed by atoms with Crippen LogP contribution in [-0.4, -0.2) is 23.5 Å². The molecule has 0 aliphatic carbocycles. The Balaban J connectivity index is 2.99. The first-order valence-corrected chi connectivity index (χ1v) is 4.17. The van der Waals surface area contributed by atoms with Crippen molar-refractivity contribution >= 4 is 24.4 Å². The minimum absolute atomic E-state index is 0.130. The summed E-state index contributed by atoms with van der Waals surface area (Å²) in [7, 11) is 1.43. The molecular formula is C9H7BN2O2. The van der Waals surface area contributed by atoms with Crippen molar-refractivity contribution in [2.45, 2.75) is 0 Å². The van der Waals surface area contributed by atoms with Gasteiger partial charge in [0.05, 0.1) is 17.2 Å². The maximum Gasteiger partial charge on any atom is 0.259 e. The van der Waals surface area contributed by atoms with E-state index >= 15 is 0 Å². The highest BCUT2D eigenvalue weighted by Gasteiger charge is 2.08. The zero-order valence-corrected chi connectivity index (χ0v) is 7.57. The van der Waals surface area contributed by atoms with Crippen LogP contribution in [0.15, 0.2) is 29.3 Å². The molecule has 0 fully saturated rings. The van der Waals surface area contributed by atoms with Crippen LogP contribution in [0.5, 0.6) is 0 Å². The van der Waals surface area contributed by atoms with E-state index in [9.17, 15) is 9.59 Å². The van der Waals surface area contributed by atoms with Gasteiger partial charge in [0.2, 0.25) is 0 Å². The summed E-state index contributed by atoms with van der Waals surface area (Å²) in [5.74, 6) is 0. The molecule has 0 radical (unpaired) electrons. The first kappa shape index (κ1) is 8.68. The lowest BCUT2D eigenvalue weighted by atomic mass is 9.92. The van der Waals surface area contributed by atoms with E-state index in [2.05, 4.69) is 9.97 Å². The molecule has 1 N–H and O–H groups in total. The van der Waals surface area contributed by atoms with Crippen molar-refractivity contribution in [1.29, 1.82) is 0 Å². The van der Waals surface area contributed by atoms with Crippen molar-refractivity contribution in [3.05, 3.63) is 40.4 Å². The molecule has 2 rings (SSSR count). The predicted octanol–water partition coefficient (Wildman–Crippen LogP) is -0.304. The van der Waals surface area contributed by atoms with Gasteiger partial charge in [0.1, 0.15) is 5.68 Å². The average Bonchev–Trinajstić information content (AvgIpc) is 2.17. The molecule has 0 saturated carbocycles. The van der Waals surface area contributed by atoms with Gasteiger partial charge in [-0.15, -0.1) is 0 Å². The highest BCUT2D eigenvalue weighted by Crippen LogP contribution is 2.11. The molecule has 0 amide bonds. The van der Waals surface area contributed by atoms with E-state index in [-0.39, 0.29) is 11.2 Å². The Morgan fingerprint density at radius 1 is 1.43 bits per heavy atom. The number of carbonyl (C=O) groups excluding carboxylic acids is 1. The fraction of sp³-hybridized carbons (Fsp3) is 0. The lowest BCUT2D eigenvalue weighted by Crippen LogP contribution is -2.11. The van der Waals surface area contributed by atoms with E-state index in [1.165, 1.54) is 14.2 Å². The van der Waals surface area contributed by atoms with E-state index in [1.54, 1.807) is 18.2 Å². The number of hydrogen-bond donors (Lipinski definition) is 1. The van der Waals surface area contributed by atoms with Crippen LogP contribution in [-0.2, 0) is 0 Å². The lowest BCUT2D eigenvalue weighted by Gasteiger charge is -2.00. The maximum atomic E-state index is 11.5. The average molecular weight is 186 g/mol. The van der Waals surface area contributed by atoms with Crippen molar-refractivity contribution in [2.75, 3.05) is 0 Å². The van der Waals surface area contributed by atoms with Gasteiger partial charge in [-0.3, -0.25) is 4.79 Å². The van der Waals surface area contributed by atoms with Crippen LogP contribution in [0.1, 0.15) is 10.4 Å². The molecule has 0 bridgehead atoms. The van der Waals surface area contributed by atoms with Gasteiger partial charge in [-0.25, -0.2) is 4.98 Å². The van der Waals surface area contributed by atoms with Gasteiger partial charge >= 0.3 is 0 Å². The smallest absolute Gasteiger partial charge is 0.259 e. The molecule has 14 heavy (non-hydrogen) atoms. The second-order valence-electron chi connectivity index (χ2n) is 2.99. The molecule has 0 spiro atoms.